The highest BCUT2D eigenvalue weighted by Gasteiger charge is 2.46. The van der Waals surface area contributed by atoms with Crippen molar-refractivity contribution < 1.29 is 14.3 Å². The van der Waals surface area contributed by atoms with Gasteiger partial charge in [0, 0.05) is 24.4 Å². The monoisotopic (exact) mass is 357 g/mol. The SMILES string of the molecule is Cc1cccc(CC(=O)C2CC3CCC(C2)N3C(=O)OC(C)(C)C)c1C. The summed E-state index contributed by atoms with van der Waals surface area (Å²) < 4.78 is 5.58. The molecule has 4 heteroatoms. The third kappa shape index (κ3) is 3.94. The first-order chi connectivity index (χ1) is 12.2. The molecule has 4 nitrogen and oxygen atoms in total. The zero-order valence-corrected chi connectivity index (χ0v) is 16.7. The molecule has 2 aliphatic rings. The molecule has 0 saturated carbocycles. The van der Waals surface area contributed by atoms with Crippen molar-refractivity contribution in [1.82, 2.24) is 4.90 Å². The van der Waals surface area contributed by atoms with E-state index < -0.39 is 5.60 Å². The van der Waals surface area contributed by atoms with E-state index in [2.05, 4.69) is 26.0 Å². The Morgan fingerprint density at radius 2 is 1.73 bits per heavy atom. The van der Waals surface area contributed by atoms with Crippen molar-refractivity contribution in [2.24, 2.45) is 5.92 Å². The molecule has 3 rings (SSSR count). The molecule has 0 radical (unpaired) electrons. The molecule has 1 aromatic rings. The predicted molar refractivity (Wildman–Crippen MR) is 102 cm³/mol. The molecule has 2 atom stereocenters. The highest BCUT2D eigenvalue weighted by Crippen LogP contribution is 2.40. The number of nitrogens with zero attached hydrogens (tertiary/aromatic N) is 1. The number of amides is 1. The quantitative estimate of drug-likeness (QED) is 0.795. The van der Waals surface area contributed by atoms with Gasteiger partial charge < -0.3 is 9.64 Å². The van der Waals surface area contributed by atoms with Gasteiger partial charge in [0.1, 0.15) is 11.4 Å². The van der Waals surface area contributed by atoms with E-state index in [9.17, 15) is 9.59 Å². The largest absolute Gasteiger partial charge is 0.444 e. The molecule has 2 fully saturated rings. The topological polar surface area (TPSA) is 46.6 Å². The van der Waals surface area contributed by atoms with Crippen molar-refractivity contribution in [3.05, 3.63) is 34.9 Å². The van der Waals surface area contributed by atoms with Gasteiger partial charge in [0.25, 0.3) is 0 Å². The summed E-state index contributed by atoms with van der Waals surface area (Å²) in [5.74, 6) is 0.380. The fourth-order valence-electron chi connectivity index (χ4n) is 4.39. The van der Waals surface area contributed by atoms with E-state index in [-0.39, 0.29) is 24.1 Å². The van der Waals surface area contributed by atoms with Gasteiger partial charge in [-0.05, 0) is 77.0 Å². The Balaban J connectivity index is 1.66. The third-order valence-corrected chi connectivity index (χ3v) is 5.87. The first-order valence-corrected chi connectivity index (χ1v) is 9.75. The van der Waals surface area contributed by atoms with Crippen molar-refractivity contribution in [2.45, 2.75) is 84.4 Å². The zero-order chi connectivity index (χ0) is 19.1. The maximum atomic E-state index is 12.9. The lowest BCUT2D eigenvalue weighted by molar-refractivity contribution is -0.124. The van der Waals surface area contributed by atoms with E-state index in [0.29, 0.717) is 12.2 Å². The fourth-order valence-corrected chi connectivity index (χ4v) is 4.39. The minimum absolute atomic E-state index is 0.0612. The summed E-state index contributed by atoms with van der Waals surface area (Å²) in [5, 5.41) is 0. The number of fused-ring (bicyclic) bond motifs is 2. The van der Waals surface area contributed by atoms with Crippen molar-refractivity contribution in [2.75, 3.05) is 0 Å². The van der Waals surface area contributed by atoms with Crippen LogP contribution in [-0.2, 0) is 16.0 Å². The molecule has 2 unspecified atom stereocenters. The number of piperidine rings is 1. The number of aryl methyl sites for hydroxylation is 1. The van der Waals surface area contributed by atoms with Crippen LogP contribution in [-0.4, -0.2) is 34.5 Å². The van der Waals surface area contributed by atoms with Crippen LogP contribution in [0.5, 0.6) is 0 Å². The molecule has 0 spiro atoms. The summed E-state index contributed by atoms with van der Waals surface area (Å²) in [6, 6.07) is 6.47. The number of ketones is 1. The average Bonchev–Trinajstić information content (AvgIpc) is 2.80. The van der Waals surface area contributed by atoms with Crippen LogP contribution < -0.4 is 0 Å². The Labute approximate surface area is 156 Å². The summed E-state index contributed by atoms with van der Waals surface area (Å²) in [5.41, 5.74) is 3.10. The van der Waals surface area contributed by atoms with E-state index in [1.807, 2.05) is 31.7 Å². The van der Waals surface area contributed by atoms with Gasteiger partial charge in [-0.2, -0.15) is 0 Å². The Morgan fingerprint density at radius 1 is 1.12 bits per heavy atom. The molecule has 2 bridgehead atoms. The second-order valence-corrected chi connectivity index (χ2v) is 8.94. The van der Waals surface area contributed by atoms with Crippen molar-refractivity contribution in [3.63, 3.8) is 0 Å². The van der Waals surface area contributed by atoms with Crippen LogP contribution in [0.25, 0.3) is 0 Å². The lowest BCUT2D eigenvalue weighted by atomic mass is 9.84. The molecule has 2 saturated heterocycles. The number of hydrogen-bond donors (Lipinski definition) is 0. The van der Waals surface area contributed by atoms with Crippen LogP contribution in [0.4, 0.5) is 4.79 Å². The smallest absolute Gasteiger partial charge is 0.410 e. The number of carbonyl (C=O) groups excluding carboxylic acids is 2. The summed E-state index contributed by atoms with van der Waals surface area (Å²) in [7, 11) is 0. The summed E-state index contributed by atoms with van der Waals surface area (Å²) in [4.78, 5) is 27.4. The Bertz CT molecular complexity index is 690. The van der Waals surface area contributed by atoms with Crippen LogP contribution in [0.1, 0.15) is 63.1 Å². The van der Waals surface area contributed by atoms with Crippen molar-refractivity contribution >= 4 is 11.9 Å². The molecule has 0 aliphatic carbocycles. The van der Waals surface area contributed by atoms with E-state index in [0.717, 1.165) is 31.2 Å². The number of benzene rings is 1. The molecule has 2 heterocycles. The predicted octanol–water partition coefficient (Wildman–Crippen LogP) is 4.59. The lowest BCUT2D eigenvalue weighted by Gasteiger charge is -2.39. The van der Waals surface area contributed by atoms with Gasteiger partial charge in [-0.3, -0.25) is 4.79 Å². The Hall–Kier alpha value is -1.84. The van der Waals surface area contributed by atoms with Crippen LogP contribution in [0.15, 0.2) is 18.2 Å². The molecule has 0 N–H and O–H groups in total. The van der Waals surface area contributed by atoms with Crippen LogP contribution in [0.2, 0.25) is 0 Å². The van der Waals surface area contributed by atoms with Gasteiger partial charge in [0.2, 0.25) is 0 Å². The van der Waals surface area contributed by atoms with Gasteiger partial charge in [-0.25, -0.2) is 4.79 Å². The molecule has 142 valence electrons. The Kier molecular flexibility index (Phi) is 5.14. The lowest BCUT2D eigenvalue weighted by Crippen LogP contribution is -2.49. The zero-order valence-electron chi connectivity index (χ0n) is 16.7. The number of rotatable bonds is 3. The summed E-state index contributed by atoms with van der Waals surface area (Å²) in [6.45, 7) is 9.86. The minimum Gasteiger partial charge on any atom is -0.444 e. The van der Waals surface area contributed by atoms with Crippen molar-refractivity contribution in [1.29, 1.82) is 0 Å². The van der Waals surface area contributed by atoms with Gasteiger partial charge in [-0.1, -0.05) is 18.2 Å². The molecule has 2 aliphatic heterocycles. The Morgan fingerprint density at radius 3 is 2.31 bits per heavy atom. The molecule has 0 aromatic heterocycles. The molecule has 1 amide bonds. The van der Waals surface area contributed by atoms with E-state index in [1.54, 1.807) is 0 Å². The van der Waals surface area contributed by atoms with E-state index >= 15 is 0 Å². The normalized spacial score (nSPS) is 25.3. The van der Waals surface area contributed by atoms with Gasteiger partial charge in [0.05, 0.1) is 0 Å². The number of carbonyl (C=O) groups is 2. The van der Waals surface area contributed by atoms with Gasteiger partial charge >= 0.3 is 6.09 Å². The van der Waals surface area contributed by atoms with Gasteiger partial charge in [0.15, 0.2) is 0 Å². The molecule has 1 aromatic carbocycles. The number of hydrogen-bond acceptors (Lipinski definition) is 3. The summed E-state index contributed by atoms with van der Waals surface area (Å²) >= 11 is 0. The van der Waals surface area contributed by atoms with Crippen molar-refractivity contribution in [3.8, 4) is 0 Å². The minimum atomic E-state index is -0.480. The molecule has 26 heavy (non-hydrogen) atoms. The second-order valence-electron chi connectivity index (χ2n) is 8.94. The van der Waals surface area contributed by atoms with E-state index in [1.165, 1.54) is 11.1 Å². The highest BCUT2D eigenvalue weighted by atomic mass is 16.6. The number of Topliss-reactive ketones (excluding diaryl/α,β-unsaturated/α-hetero) is 1. The van der Waals surface area contributed by atoms with Crippen LogP contribution >= 0.6 is 0 Å². The average molecular weight is 357 g/mol. The highest BCUT2D eigenvalue weighted by molar-refractivity contribution is 5.84. The van der Waals surface area contributed by atoms with Crippen LogP contribution in [0, 0.1) is 19.8 Å². The molecular formula is C22H31NO3. The third-order valence-electron chi connectivity index (χ3n) is 5.87. The maximum absolute atomic E-state index is 12.9. The standard InChI is InChI=1S/C22H31NO3/c1-14-7-6-8-16(15(14)2)13-20(24)17-11-18-9-10-19(12-17)23(18)21(25)26-22(3,4)5/h6-8,17-19H,9-13H2,1-5H3. The van der Waals surface area contributed by atoms with E-state index in [4.69, 9.17) is 4.74 Å². The first-order valence-electron chi connectivity index (χ1n) is 9.75. The fraction of sp³-hybridized carbons (Fsp3) is 0.636. The maximum Gasteiger partial charge on any atom is 0.410 e. The molecular weight excluding hydrogens is 326 g/mol. The van der Waals surface area contributed by atoms with Gasteiger partial charge in [-0.15, -0.1) is 0 Å². The summed E-state index contributed by atoms with van der Waals surface area (Å²) in [6.07, 6.45) is 3.81. The van der Waals surface area contributed by atoms with Crippen LogP contribution in [0.3, 0.4) is 0 Å². The second kappa shape index (κ2) is 7.05. The number of ether oxygens (including phenoxy) is 1. The first kappa shape index (κ1) is 18.9.